The molecule has 0 bridgehead atoms. The molecule has 3 rings (SSSR count). The molecule has 0 saturated heterocycles. The predicted octanol–water partition coefficient (Wildman–Crippen LogP) is 5.78. The third kappa shape index (κ3) is 6.33. The van der Waals surface area contributed by atoms with Crippen molar-refractivity contribution in [2.24, 2.45) is 0 Å². The molecule has 6 nitrogen and oxygen atoms in total. The third-order valence-corrected chi connectivity index (χ3v) is 5.20. The molecule has 0 fully saturated rings. The number of amides is 2. The zero-order valence-electron chi connectivity index (χ0n) is 17.0. The fourth-order valence-corrected chi connectivity index (χ4v) is 3.22. The van der Waals surface area contributed by atoms with Gasteiger partial charge in [-0.3, -0.25) is 4.79 Å². The van der Waals surface area contributed by atoms with Crippen LogP contribution in [-0.4, -0.2) is 17.1 Å². The smallest absolute Gasteiger partial charge is 0.408 e. The normalized spacial score (nSPS) is 11.4. The van der Waals surface area contributed by atoms with Gasteiger partial charge in [0, 0.05) is 16.6 Å². The van der Waals surface area contributed by atoms with Gasteiger partial charge in [-0.1, -0.05) is 59.3 Å². The largest absolute Gasteiger partial charge is 0.506 e. The number of hydrogen-bond acceptors (Lipinski definition) is 4. The number of hydrogen-bond donors (Lipinski definition) is 3. The van der Waals surface area contributed by atoms with E-state index in [4.69, 9.17) is 4.74 Å². The van der Waals surface area contributed by atoms with Crippen LogP contribution in [0.15, 0.2) is 77.3 Å². The number of para-hydroxylation sites is 2. The summed E-state index contributed by atoms with van der Waals surface area (Å²) >= 11 is 3.40. The fraction of sp³-hybridized carbons (Fsp3) is 0.167. The van der Waals surface area contributed by atoms with E-state index in [1.807, 2.05) is 31.2 Å². The lowest BCUT2D eigenvalue weighted by atomic mass is 10.1. The highest BCUT2D eigenvalue weighted by molar-refractivity contribution is 9.10. The minimum absolute atomic E-state index is 0.00343. The topological polar surface area (TPSA) is 87.7 Å². The molecule has 7 heteroatoms. The summed E-state index contributed by atoms with van der Waals surface area (Å²) < 4.78 is 6.50. The molecule has 0 radical (unpaired) electrons. The summed E-state index contributed by atoms with van der Waals surface area (Å²) in [6, 6.07) is 21.0. The molecule has 3 aromatic carbocycles. The van der Waals surface area contributed by atoms with Gasteiger partial charge in [-0.2, -0.15) is 0 Å². The Morgan fingerprint density at radius 1 is 1.00 bits per heavy atom. The second-order valence-corrected chi connectivity index (χ2v) is 7.79. The zero-order valence-corrected chi connectivity index (χ0v) is 18.6. The summed E-state index contributed by atoms with van der Waals surface area (Å²) in [6.07, 6.45) is -0.166. The van der Waals surface area contributed by atoms with Crippen LogP contribution in [0.4, 0.5) is 10.5 Å². The molecule has 3 N–H and O–H groups in total. The second kappa shape index (κ2) is 10.6. The molecular weight excluding hydrogens is 460 g/mol. The summed E-state index contributed by atoms with van der Waals surface area (Å²) in [5.74, 6) is -0.329. The van der Waals surface area contributed by atoms with Gasteiger partial charge in [0.15, 0.2) is 0 Å². The number of aromatic hydroxyl groups is 1. The molecular formula is C24H23BrN2O4. The van der Waals surface area contributed by atoms with E-state index in [9.17, 15) is 14.7 Å². The van der Waals surface area contributed by atoms with Crippen LogP contribution in [-0.2, 0) is 11.3 Å². The summed E-state index contributed by atoms with van der Waals surface area (Å²) in [5, 5.41) is 15.2. The Morgan fingerprint density at radius 3 is 2.32 bits per heavy atom. The van der Waals surface area contributed by atoms with E-state index < -0.39 is 6.09 Å². The lowest BCUT2D eigenvalue weighted by Gasteiger charge is -2.17. The number of alkyl carbamates (subject to hydrolysis) is 1. The van der Waals surface area contributed by atoms with E-state index in [0.717, 1.165) is 15.6 Å². The molecule has 3 aromatic rings. The van der Waals surface area contributed by atoms with Crippen LogP contribution in [0.1, 0.15) is 40.9 Å². The predicted molar refractivity (Wildman–Crippen MR) is 123 cm³/mol. The number of anilines is 1. The van der Waals surface area contributed by atoms with Crippen LogP contribution in [0.3, 0.4) is 0 Å². The van der Waals surface area contributed by atoms with Crippen LogP contribution < -0.4 is 10.6 Å². The number of halogens is 1. The van der Waals surface area contributed by atoms with Gasteiger partial charge in [0.1, 0.15) is 11.9 Å². The first-order valence-electron chi connectivity index (χ1n) is 9.84. The lowest BCUT2D eigenvalue weighted by molar-refractivity contribution is 0.0946. The maximum absolute atomic E-state index is 12.3. The van der Waals surface area contributed by atoms with Crippen LogP contribution >= 0.6 is 15.9 Å². The maximum atomic E-state index is 12.3. The van der Waals surface area contributed by atoms with E-state index in [0.29, 0.717) is 17.7 Å². The molecule has 160 valence electrons. The van der Waals surface area contributed by atoms with Gasteiger partial charge < -0.3 is 20.5 Å². The van der Waals surface area contributed by atoms with Crippen LogP contribution in [0.25, 0.3) is 0 Å². The van der Waals surface area contributed by atoms with Crippen molar-refractivity contribution in [3.05, 3.63) is 94.0 Å². The van der Waals surface area contributed by atoms with Gasteiger partial charge in [0.05, 0.1) is 5.69 Å². The highest BCUT2D eigenvalue weighted by Crippen LogP contribution is 2.24. The summed E-state index contributed by atoms with van der Waals surface area (Å²) in [5.41, 5.74) is 2.54. The van der Waals surface area contributed by atoms with Crippen LogP contribution in [0, 0.1) is 0 Å². The molecule has 0 heterocycles. The summed E-state index contributed by atoms with van der Waals surface area (Å²) in [6.45, 7) is 2.23. The van der Waals surface area contributed by atoms with E-state index in [1.54, 1.807) is 42.5 Å². The second-order valence-electron chi connectivity index (χ2n) is 6.88. The fourth-order valence-electron chi connectivity index (χ4n) is 2.96. The van der Waals surface area contributed by atoms with Crippen molar-refractivity contribution in [1.29, 1.82) is 0 Å². The molecule has 0 saturated carbocycles. The first-order chi connectivity index (χ1) is 15.0. The van der Waals surface area contributed by atoms with Gasteiger partial charge >= 0.3 is 6.09 Å². The lowest BCUT2D eigenvalue weighted by Crippen LogP contribution is -2.25. The van der Waals surface area contributed by atoms with E-state index in [-0.39, 0.29) is 24.3 Å². The molecule has 1 atom stereocenters. The molecule has 31 heavy (non-hydrogen) atoms. The van der Waals surface area contributed by atoms with Crippen molar-refractivity contribution in [2.75, 3.05) is 5.32 Å². The number of ether oxygens (including phenoxy) is 1. The Morgan fingerprint density at radius 2 is 1.68 bits per heavy atom. The highest BCUT2D eigenvalue weighted by Gasteiger charge is 2.15. The monoisotopic (exact) mass is 482 g/mol. The first kappa shape index (κ1) is 22.4. The van der Waals surface area contributed by atoms with Crippen LogP contribution in [0.2, 0.25) is 0 Å². The summed E-state index contributed by atoms with van der Waals surface area (Å²) in [7, 11) is 0. The van der Waals surface area contributed by atoms with E-state index >= 15 is 0 Å². The number of phenols is 1. The van der Waals surface area contributed by atoms with Crippen molar-refractivity contribution < 1.29 is 19.4 Å². The van der Waals surface area contributed by atoms with Gasteiger partial charge in [-0.05, 0) is 53.9 Å². The maximum Gasteiger partial charge on any atom is 0.408 e. The van der Waals surface area contributed by atoms with Crippen LogP contribution in [0.5, 0.6) is 5.75 Å². The molecule has 0 aliphatic heterocycles. The van der Waals surface area contributed by atoms with Crippen molar-refractivity contribution >= 4 is 33.6 Å². The Bertz CT molecular complexity index is 1040. The number of phenolic OH excluding ortho intramolecular Hbond substituents is 1. The third-order valence-electron chi connectivity index (χ3n) is 4.67. The van der Waals surface area contributed by atoms with Gasteiger partial charge in [0.2, 0.25) is 0 Å². The standard InChI is InChI=1S/C24H23BrN2O4/c1-2-22(17-11-13-19(25)14-12-17)31-24(30)26-15-16-7-9-18(10-8-16)23(29)27-20-5-3-4-6-21(20)28/h3-14,22,28H,2,15H2,1H3,(H,26,30)(H,27,29)/t22-/m0/s1. The molecule has 0 spiro atoms. The average Bonchev–Trinajstić information content (AvgIpc) is 2.78. The molecule has 2 amide bonds. The average molecular weight is 483 g/mol. The van der Waals surface area contributed by atoms with Crippen molar-refractivity contribution in [3.8, 4) is 5.75 Å². The summed E-state index contributed by atoms with van der Waals surface area (Å²) in [4.78, 5) is 24.5. The highest BCUT2D eigenvalue weighted by atomic mass is 79.9. The quantitative estimate of drug-likeness (QED) is 0.372. The zero-order chi connectivity index (χ0) is 22.2. The van der Waals surface area contributed by atoms with E-state index in [1.165, 1.54) is 6.07 Å². The first-order valence-corrected chi connectivity index (χ1v) is 10.6. The number of rotatable bonds is 7. The minimum atomic E-state index is -0.504. The van der Waals surface area contributed by atoms with E-state index in [2.05, 4.69) is 26.6 Å². The minimum Gasteiger partial charge on any atom is -0.506 e. The number of benzene rings is 3. The Hall–Kier alpha value is -3.32. The number of nitrogens with one attached hydrogen (secondary N) is 2. The van der Waals surface area contributed by atoms with Gasteiger partial charge in [-0.25, -0.2) is 4.79 Å². The Labute approximate surface area is 189 Å². The van der Waals surface area contributed by atoms with Crippen molar-refractivity contribution in [3.63, 3.8) is 0 Å². The van der Waals surface area contributed by atoms with Gasteiger partial charge in [0.25, 0.3) is 5.91 Å². The molecule has 0 aromatic heterocycles. The van der Waals surface area contributed by atoms with Crippen molar-refractivity contribution in [1.82, 2.24) is 5.32 Å². The Kier molecular flexibility index (Phi) is 7.67. The Balaban J connectivity index is 1.52. The molecule has 0 aliphatic carbocycles. The number of carbonyl (C=O) groups is 2. The SMILES string of the molecule is CC[C@H](OC(=O)NCc1ccc(C(=O)Nc2ccccc2O)cc1)c1ccc(Br)cc1. The van der Waals surface area contributed by atoms with Crippen molar-refractivity contribution in [2.45, 2.75) is 26.0 Å². The molecule has 0 aliphatic rings. The molecule has 0 unspecified atom stereocenters. The number of carbonyl (C=O) groups excluding carboxylic acids is 2. The van der Waals surface area contributed by atoms with Gasteiger partial charge in [-0.15, -0.1) is 0 Å².